The maximum atomic E-state index is 11.3. The number of amides is 1. The number of ether oxygens (including phenoxy) is 2. The van der Waals surface area contributed by atoms with Crippen LogP contribution in [0, 0.1) is 13.8 Å². The zero-order valence-electron chi connectivity index (χ0n) is 13.4. The molecule has 0 aliphatic rings. The summed E-state index contributed by atoms with van der Waals surface area (Å²) in [5.41, 5.74) is 7.64. The van der Waals surface area contributed by atoms with Crippen LogP contribution in [-0.4, -0.2) is 50.3 Å². The van der Waals surface area contributed by atoms with Crippen LogP contribution < -0.4 is 10.5 Å². The Labute approximate surface area is 127 Å². The number of primary amides is 1. The number of hydrogen-bond acceptors (Lipinski definition) is 4. The molecule has 0 bridgehead atoms. The number of methoxy groups -OCH3 is 1. The summed E-state index contributed by atoms with van der Waals surface area (Å²) in [7, 11) is 1.64. The smallest absolute Gasteiger partial charge is 0.234 e. The Morgan fingerprint density at radius 2 is 1.95 bits per heavy atom. The van der Waals surface area contributed by atoms with Crippen molar-refractivity contribution in [3.05, 3.63) is 29.3 Å². The highest BCUT2D eigenvalue weighted by molar-refractivity contribution is 5.79. The van der Waals surface area contributed by atoms with Gasteiger partial charge in [-0.15, -0.1) is 0 Å². The Morgan fingerprint density at radius 1 is 1.29 bits per heavy atom. The van der Waals surface area contributed by atoms with Crippen LogP contribution in [-0.2, 0) is 9.53 Å². The van der Waals surface area contributed by atoms with Crippen LogP contribution in [0.5, 0.6) is 5.75 Å². The Hall–Kier alpha value is -1.59. The predicted octanol–water partition coefficient (Wildman–Crippen LogP) is 1.50. The van der Waals surface area contributed by atoms with Crippen molar-refractivity contribution in [2.24, 2.45) is 5.73 Å². The summed E-state index contributed by atoms with van der Waals surface area (Å²) in [6.07, 6.45) is 0. The van der Waals surface area contributed by atoms with Crippen molar-refractivity contribution in [1.29, 1.82) is 0 Å². The fraction of sp³-hybridized carbons (Fsp3) is 0.562. The van der Waals surface area contributed by atoms with E-state index in [1.807, 2.05) is 30.9 Å². The molecule has 0 radical (unpaired) electrons. The van der Waals surface area contributed by atoms with Crippen molar-refractivity contribution in [2.75, 3.05) is 33.4 Å². The fourth-order valence-corrected chi connectivity index (χ4v) is 2.02. The van der Waals surface area contributed by atoms with Gasteiger partial charge in [0.1, 0.15) is 12.4 Å². The third-order valence-electron chi connectivity index (χ3n) is 3.52. The molecule has 5 nitrogen and oxygen atoms in total. The number of hydrogen-bond donors (Lipinski definition) is 1. The van der Waals surface area contributed by atoms with Gasteiger partial charge in [0.05, 0.1) is 12.6 Å². The molecule has 0 aromatic heterocycles. The second-order valence-corrected chi connectivity index (χ2v) is 5.22. The lowest BCUT2D eigenvalue weighted by Gasteiger charge is -2.26. The molecular weight excluding hydrogens is 268 g/mol. The third-order valence-corrected chi connectivity index (χ3v) is 3.52. The van der Waals surface area contributed by atoms with Crippen LogP contribution in [0.4, 0.5) is 0 Å². The average molecular weight is 294 g/mol. The topological polar surface area (TPSA) is 64.8 Å². The van der Waals surface area contributed by atoms with E-state index in [2.05, 4.69) is 6.07 Å². The van der Waals surface area contributed by atoms with Gasteiger partial charge in [-0.1, -0.05) is 12.1 Å². The number of carbonyl (C=O) groups excluding carboxylic acids is 1. The van der Waals surface area contributed by atoms with Crippen LogP contribution in [0.3, 0.4) is 0 Å². The van der Waals surface area contributed by atoms with E-state index in [0.29, 0.717) is 26.3 Å². The monoisotopic (exact) mass is 294 g/mol. The molecule has 0 saturated carbocycles. The highest BCUT2D eigenvalue weighted by Gasteiger charge is 2.18. The normalized spacial score (nSPS) is 12.4. The zero-order chi connectivity index (χ0) is 15.8. The summed E-state index contributed by atoms with van der Waals surface area (Å²) in [6, 6.07) is 5.79. The maximum absolute atomic E-state index is 11.3. The molecule has 21 heavy (non-hydrogen) atoms. The van der Waals surface area contributed by atoms with E-state index in [1.165, 1.54) is 0 Å². The molecule has 1 atom stereocenters. The van der Waals surface area contributed by atoms with E-state index >= 15 is 0 Å². The van der Waals surface area contributed by atoms with Crippen LogP contribution >= 0.6 is 0 Å². The van der Waals surface area contributed by atoms with E-state index in [-0.39, 0.29) is 11.9 Å². The van der Waals surface area contributed by atoms with Crippen LogP contribution in [0.25, 0.3) is 0 Å². The number of rotatable bonds is 9. The minimum atomic E-state index is -0.335. The average Bonchev–Trinajstić information content (AvgIpc) is 2.45. The van der Waals surface area contributed by atoms with Crippen LogP contribution in [0.1, 0.15) is 18.1 Å². The van der Waals surface area contributed by atoms with Gasteiger partial charge in [0, 0.05) is 20.2 Å². The van der Waals surface area contributed by atoms with E-state index in [1.54, 1.807) is 14.0 Å². The van der Waals surface area contributed by atoms with Crippen molar-refractivity contribution in [2.45, 2.75) is 26.8 Å². The van der Waals surface area contributed by atoms with Gasteiger partial charge >= 0.3 is 0 Å². The standard InChI is InChI=1S/C16H26N2O3/c1-12-5-6-13(2)15(11-12)21-10-8-18(7-9-20-4)14(3)16(17)19/h5-6,11,14H,7-10H2,1-4H3,(H2,17,19). The summed E-state index contributed by atoms with van der Waals surface area (Å²) in [6.45, 7) is 8.19. The summed E-state index contributed by atoms with van der Waals surface area (Å²) in [5, 5.41) is 0. The molecule has 0 aliphatic heterocycles. The molecule has 0 heterocycles. The molecule has 0 fully saturated rings. The van der Waals surface area contributed by atoms with Gasteiger partial charge < -0.3 is 15.2 Å². The lowest BCUT2D eigenvalue weighted by molar-refractivity contribution is -0.123. The summed E-state index contributed by atoms with van der Waals surface area (Å²) < 4.78 is 10.9. The molecule has 0 saturated heterocycles. The summed E-state index contributed by atoms with van der Waals surface area (Å²) in [5.74, 6) is 0.547. The first-order valence-corrected chi connectivity index (χ1v) is 7.18. The van der Waals surface area contributed by atoms with Gasteiger partial charge in [-0.25, -0.2) is 0 Å². The first-order chi connectivity index (χ1) is 9.95. The van der Waals surface area contributed by atoms with Crippen LogP contribution in [0.15, 0.2) is 18.2 Å². The van der Waals surface area contributed by atoms with Gasteiger partial charge in [-0.2, -0.15) is 0 Å². The van der Waals surface area contributed by atoms with Gasteiger partial charge in [0.25, 0.3) is 0 Å². The molecule has 0 spiro atoms. The minimum absolute atomic E-state index is 0.331. The molecule has 2 N–H and O–H groups in total. The van der Waals surface area contributed by atoms with Crippen molar-refractivity contribution in [1.82, 2.24) is 4.90 Å². The number of benzene rings is 1. The van der Waals surface area contributed by atoms with Crippen molar-refractivity contribution in [3.8, 4) is 5.75 Å². The highest BCUT2D eigenvalue weighted by atomic mass is 16.5. The first-order valence-electron chi connectivity index (χ1n) is 7.18. The Kier molecular flexibility index (Phi) is 7.19. The SMILES string of the molecule is COCCN(CCOc1cc(C)ccc1C)C(C)C(N)=O. The van der Waals surface area contributed by atoms with E-state index in [9.17, 15) is 4.79 Å². The summed E-state index contributed by atoms with van der Waals surface area (Å²) in [4.78, 5) is 13.3. The maximum Gasteiger partial charge on any atom is 0.234 e. The molecule has 1 unspecified atom stereocenters. The summed E-state index contributed by atoms with van der Waals surface area (Å²) >= 11 is 0. The Morgan fingerprint density at radius 3 is 2.57 bits per heavy atom. The Bertz CT molecular complexity index is 463. The number of nitrogens with zero attached hydrogens (tertiary/aromatic N) is 1. The van der Waals surface area contributed by atoms with Crippen molar-refractivity contribution in [3.63, 3.8) is 0 Å². The Balaban J connectivity index is 2.56. The molecule has 1 aromatic carbocycles. The second-order valence-electron chi connectivity index (χ2n) is 5.22. The highest BCUT2D eigenvalue weighted by Crippen LogP contribution is 2.19. The van der Waals surface area contributed by atoms with E-state index < -0.39 is 0 Å². The number of carbonyl (C=O) groups is 1. The van der Waals surface area contributed by atoms with Gasteiger partial charge in [0.2, 0.25) is 5.91 Å². The van der Waals surface area contributed by atoms with Crippen molar-refractivity contribution >= 4 is 5.91 Å². The molecule has 1 rings (SSSR count). The minimum Gasteiger partial charge on any atom is -0.492 e. The molecular formula is C16H26N2O3. The molecule has 1 amide bonds. The molecule has 5 heteroatoms. The van der Waals surface area contributed by atoms with Crippen LogP contribution in [0.2, 0.25) is 0 Å². The zero-order valence-corrected chi connectivity index (χ0v) is 13.4. The van der Waals surface area contributed by atoms with E-state index in [0.717, 1.165) is 16.9 Å². The largest absolute Gasteiger partial charge is 0.492 e. The van der Waals surface area contributed by atoms with Crippen molar-refractivity contribution < 1.29 is 14.3 Å². The molecule has 0 aliphatic carbocycles. The van der Waals surface area contributed by atoms with Gasteiger partial charge in [-0.3, -0.25) is 9.69 Å². The predicted molar refractivity (Wildman–Crippen MR) is 83.5 cm³/mol. The second kappa shape index (κ2) is 8.64. The number of aryl methyl sites for hydroxylation is 2. The molecule has 118 valence electrons. The third kappa shape index (κ3) is 5.73. The van der Waals surface area contributed by atoms with E-state index in [4.69, 9.17) is 15.2 Å². The quantitative estimate of drug-likeness (QED) is 0.749. The molecule has 1 aromatic rings. The first kappa shape index (κ1) is 17.5. The lowest BCUT2D eigenvalue weighted by Crippen LogP contribution is -2.45. The number of nitrogens with two attached hydrogens (primary N) is 1. The lowest BCUT2D eigenvalue weighted by atomic mass is 10.1. The van der Waals surface area contributed by atoms with Gasteiger partial charge in [-0.05, 0) is 38.0 Å². The van der Waals surface area contributed by atoms with Gasteiger partial charge in [0.15, 0.2) is 0 Å². The fourth-order valence-electron chi connectivity index (χ4n) is 2.02.